The Labute approximate surface area is 148 Å². The van der Waals surface area contributed by atoms with Crippen molar-refractivity contribution in [2.75, 3.05) is 0 Å². The van der Waals surface area contributed by atoms with Crippen LogP contribution in [0.1, 0.15) is 5.69 Å². The highest BCUT2D eigenvalue weighted by Gasteiger charge is 2.31. The minimum Gasteiger partial charge on any atom is -0.406 e. The summed E-state index contributed by atoms with van der Waals surface area (Å²) >= 11 is 5.74. The molecule has 2 aromatic carbocycles. The van der Waals surface area contributed by atoms with Crippen LogP contribution in [0.4, 0.5) is 17.6 Å². The summed E-state index contributed by atoms with van der Waals surface area (Å²) in [5.74, 6) is -1.20. The molecule has 0 amide bonds. The summed E-state index contributed by atoms with van der Waals surface area (Å²) in [5, 5.41) is 18.4. The van der Waals surface area contributed by atoms with Gasteiger partial charge in [-0.2, -0.15) is 5.26 Å². The number of alkyl halides is 3. The lowest BCUT2D eigenvalue weighted by atomic mass is 10.0. The van der Waals surface area contributed by atoms with Crippen molar-refractivity contribution >= 4 is 11.6 Å². The number of hydrogen-bond donors (Lipinski definition) is 1. The van der Waals surface area contributed by atoms with Crippen LogP contribution >= 0.6 is 11.6 Å². The number of ether oxygens (including phenoxy) is 1. The Balaban J connectivity index is 2.17. The fourth-order valence-electron chi connectivity index (χ4n) is 2.28. The molecule has 0 radical (unpaired) electrons. The van der Waals surface area contributed by atoms with Crippen molar-refractivity contribution in [2.45, 2.75) is 6.36 Å². The molecular weight excluding hydrogens is 376 g/mol. The van der Waals surface area contributed by atoms with Gasteiger partial charge in [-0.1, -0.05) is 22.9 Å². The minimum atomic E-state index is -4.92. The molecule has 1 N–H and O–H groups in total. The van der Waals surface area contributed by atoms with E-state index < -0.39 is 17.9 Å². The first kappa shape index (κ1) is 17.7. The van der Waals surface area contributed by atoms with E-state index in [0.717, 1.165) is 18.2 Å². The van der Waals surface area contributed by atoms with Gasteiger partial charge in [0.25, 0.3) is 0 Å². The lowest BCUT2D eigenvalue weighted by Gasteiger charge is -2.12. The maximum absolute atomic E-state index is 13.4. The molecule has 10 heteroatoms. The first-order valence-corrected chi connectivity index (χ1v) is 7.32. The molecule has 3 rings (SSSR count). The van der Waals surface area contributed by atoms with Crippen LogP contribution in [0.2, 0.25) is 5.02 Å². The van der Waals surface area contributed by atoms with Crippen molar-refractivity contribution in [3.8, 4) is 34.2 Å². The molecule has 26 heavy (non-hydrogen) atoms. The molecule has 0 unspecified atom stereocenters. The lowest BCUT2D eigenvalue weighted by molar-refractivity contribution is -0.274. The zero-order valence-electron chi connectivity index (χ0n) is 12.6. The van der Waals surface area contributed by atoms with Gasteiger partial charge in [-0.3, -0.25) is 0 Å². The topological polar surface area (TPSA) is 74.6 Å². The standard InChI is InChI=1S/C16H7ClF4N4O/c17-12-6-8(1-2-13(12)18)9-3-10(15-14(7-22)23-25-24-15)5-11(4-9)26-16(19,20)21/h1-6H,(H,23,24,25). The predicted molar refractivity (Wildman–Crippen MR) is 83.6 cm³/mol. The third-order valence-corrected chi connectivity index (χ3v) is 3.62. The highest BCUT2D eigenvalue weighted by atomic mass is 35.5. The van der Waals surface area contributed by atoms with E-state index in [-0.39, 0.29) is 27.5 Å². The first-order valence-electron chi connectivity index (χ1n) is 6.94. The molecule has 0 atom stereocenters. The maximum atomic E-state index is 13.4. The summed E-state index contributed by atoms with van der Waals surface area (Å²) in [6.07, 6.45) is -4.92. The quantitative estimate of drug-likeness (QED) is 0.666. The van der Waals surface area contributed by atoms with E-state index in [9.17, 15) is 17.6 Å². The molecule has 0 aliphatic heterocycles. The molecule has 132 valence electrons. The molecule has 5 nitrogen and oxygen atoms in total. The summed E-state index contributed by atoms with van der Waals surface area (Å²) < 4.78 is 55.2. The van der Waals surface area contributed by atoms with Crippen molar-refractivity contribution in [3.63, 3.8) is 0 Å². The van der Waals surface area contributed by atoms with E-state index in [1.165, 1.54) is 18.2 Å². The Morgan fingerprint density at radius 2 is 1.81 bits per heavy atom. The number of aromatic amines is 1. The first-order chi connectivity index (χ1) is 12.3. The van der Waals surface area contributed by atoms with Gasteiger partial charge in [0, 0.05) is 5.56 Å². The van der Waals surface area contributed by atoms with Crippen molar-refractivity contribution in [1.29, 1.82) is 5.26 Å². The molecule has 3 aromatic rings. The third-order valence-electron chi connectivity index (χ3n) is 3.33. The van der Waals surface area contributed by atoms with E-state index in [0.29, 0.717) is 5.56 Å². The van der Waals surface area contributed by atoms with Crippen LogP contribution in [-0.2, 0) is 0 Å². The average molecular weight is 383 g/mol. The minimum absolute atomic E-state index is 0.0303. The Bertz CT molecular complexity index is 1010. The molecule has 1 aromatic heterocycles. The zero-order valence-corrected chi connectivity index (χ0v) is 13.4. The molecule has 0 bridgehead atoms. The van der Waals surface area contributed by atoms with Crippen LogP contribution in [0.3, 0.4) is 0 Å². The van der Waals surface area contributed by atoms with Crippen LogP contribution in [-0.4, -0.2) is 21.8 Å². The summed E-state index contributed by atoms with van der Waals surface area (Å²) in [6, 6.07) is 9.16. The number of H-pyrrole nitrogens is 1. The summed E-state index contributed by atoms with van der Waals surface area (Å²) in [6.45, 7) is 0. The van der Waals surface area contributed by atoms with Gasteiger partial charge < -0.3 is 4.74 Å². The van der Waals surface area contributed by atoms with Crippen LogP contribution in [0, 0.1) is 17.1 Å². The van der Waals surface area contributed by atoms with Crippen LogP contribution in [0.25, 0.3) is 22.4 Å². The monoisotopic (exact) mass is 382 g/mol. The van der Waals surface area contributed by atoms with Crippen molar-refractivity contribution < 1.29 is 22.3 Å². The number of nitrogens with zero attached hydrogens (tertiary/aromatic N) is 3. The molecule has 0 saturated carbocycles. The van der Waals surface area contributed by atoms with Crippen LogP contribution in [0.15, 0.2) is 36.4 Å². The average Bonchev–Trinajstić information content (AvgIpc) is 3.04. The Morgan fingerprint density at radius 1 is 1.08 bits per heavy atom. The van der Waals surface area contributed by atoms with Gasteiger partial charge in [0.05, 0.1) is 5.02 Å². The zero-order chi connectivity index (χ0) is 18.9. The van der Waals surface area contributed by atoms with Gasteiger partial charge in [0.1, 0.15) is 23.3 Å². The van der Waals surface area contributed by atoms with Gasteiger partial charge in [-0.25, -0.2) is 9.49 Å². The molecule has 0 fully saturated rings. The second-order valence-electron chi connectivity index (χ2n) is 5.07. The van der Waals surface area contributed by atoms with E-state index in [1.54, 1.807) is 6.07 Å². The number of nitriles is 1. The third kappa shape index (κ3) is 3.75. The Kier molecular flexibility index (Phi) is 4.52. The number of hydrogen-bond acceptors (Lipinski definition) is 4. The second-order valence-corrected chi connectivity index (χ2v) is 5.48. The van der Waals surface area contributed by atoms with Gasteiger partial charge in [0.2, 0.25) is 0 Å². The SMILES string of the molecule is N#Cc1[nH]nnc1-c1cc(OC(F)(F)F)cc(-c2ccc(F)c(Cl)c2)c1. The largest absolute Gasteiger partial charge is 0.573 e. The summed E-state index contributed by atoms with van der Waals surface area (Å²) in [7, 11) is 0. The van der Waals surface area contributed by atoms with Gasteiger partial charge >= 0.3 is 6.36 Å². The molecule has 1 heterocycles. The van der Waals surface area contributed by atoms with Gasteiger partial charge in [0.15, 0.2) is 5.69 Å². The number of aromatic nitrogens is 3. The molecule has 0 saturated heterocycles. The van der Waals surface area contributed by atoms with Crippen LogP contribution in [0.5, 0.6) is 5.75 Å². The fourth-order valence-corrected chi connectivity index (χ4v) is 2.46. The summed E-state index contributed by atoms with van der Waals surface area (Å²) in [5.41, 5.74) is 0.794. The van der Waals surface area contributed by atoms with Gasteiger partial charge in [-0.05, 0) is 41.5 Å². The second kappa shape index (κ2) is 6.65. The van der Waals surface area contributed by atoms with Crippen molar-refractivity contribution in [3.05, 3.63) is 52.9 Å². The van der Waals surface area contributed by atoms with E-state index in [1.807, 2.05) is 0 Å². The molecule has 0 aliphatic carbocycles. The number of nitrogens with one attached hydrogen (secondary N) is 1. The van der Waals surface area contributed by atoms with Gasteiger partial charge in [-0.15, -0.1) is 18.3 Å². The van der Waals surface area contributed by atoms with E-state index >= 15 is 0 Å². The molecule has 0 aliphatic rings. The number of benzene rings is 2. The van der Waals surface area contributed by atoms with Crippen molar-refractivity contribution in [1.82, 2.24) is 15.4 Å². The van der Waals surface area contributed by atoms with E-state index in [2.05, 4.69) is 20.1 Å². The molecule has 0 spiro atoms. The normalized spacial score (nSPS) is 11.2. The highest BCUT2D eigenvalue weighted by molar-refractivity contribution is 6.31. The van der Waals surface area contributed by atoms with E-state index in [4.69, 9.17) is 16.9 Å². The van der Waals surface area contributed by atoms with Crippen molar-refractivity contribution in [2.24, 2.45) is 0 Å². The highest BCUT2D eigenvalue weighted by Crippen LogP contribution is 2.35. The smallest absolute Gasteiger partial charge is 0.406 e. The maximum Gasteiger partial charge on any atom is 0.573 e. The number of halogens is 5. The lowest BCUT2D eigenvalue weighted by Crippen LogP contribution is -2.17. The van der Waals surface area contributed by atoms with Crippen LogP contribution < -0.4 is 4.74 Å². The Hall–Kier alpha value is -3.12. The fraction of sp³-hybridized carbons (Fsp3) is 0.0625. The summed E-state index contributed by atoms with van der Waals surface area (Å²) in [4.78, 5) is 0. The predicted octanol–water partition coefficient (Wildman–Crippen LogP) is 4.70. The number of rotatable bonds is 3. The Morgan fingerprint density at radius 3 is 2.46 bits per heavy atom. The molecular formula is C16H7ClF4N4O.